The zero-order chi connectivity index (χ0) is 12.8. The number of rotatable bonds is 4. The quantitative estimate of drug-likeness (QED) is 0.880. The minimum absolute atomic E-state index is 0.103. The van der Waals surface area contributed by atoms with Gasteiger partial charge in [-0.15, -0.1) is 0 Å². The number of amides is 1. The lowest BCUT2D eigenvalue weighted by Crippen LogP contribution is -2.13. The molecule has 1 N–H and O–H groups in total. The van der Waals surface area contributed by atoms with Gasteiger partial charge in [0.2, 0.25) is 0 Å². The van der Waals surface area contributed by atoms with Crippen molar-refractivity contribution in [3.05, 3.63) is 24.0 Å². The Morgan fingerprint density at radius 2 is 2.18 bits per heavy atom. The predicted molar refractivity (Wildman–Crippen MR) is 62.8 cm³/mol. The van der Waals surface area contributed by atoms with Gasteiger partial charge in [-0.1, -0.05) is 0 Å². The molecule has 4 nitrogen and oxygen atoms in total. The van der Waals surface area contributed by atoms with E-state index < -0.39 is 11.9 Å². The van der Waals surface area contributed by atoms with E-state index in [1.165, 1.54) is 12.1 Å². The van der Waals surface area contributed by atoms with E-state index >= 15 is 0 Å². The van der Waals surface area contributed by atoms with E-state index in [1.807, 2.05) is 13.8 Å². The van der Waals surface area contributed by atoms with Crippen molar-refractivity contribution in [2.75, 3.05) is 11.9 Å². The lowest BCUT2D eigenvalue weighted by Gasteiger charge is -2.11. The van der Waals surface area contributed by atoms with Crippen molar-refractivity contribution >= 4 is 11.8 Å². The summed E-state index contributed by atoms with van der Waals surface area (Å²) in [5.41, 5.74) is 0.331. The average Bonchev–Trinajstić information content (AvgIpc) is 2.22. The molecule has 0 spiro atoms. The molecular weight excluding hydrogens is 225 g/mol. The first-order chi connectivity index (χ1) is 8.02. The number of hydrogen-bond acceptors (Lipinski definition) is 3. The molecule has 0 fully saturated rings. The smallest absolute Gasteiger partial charge is 0.411 e. The SMILES string of the molecule is CCOC(=O)Nc1ccc(OC(C)C)c(F)c1. The van der Waals surface area contributed by atoms with Crippen LogP contribution in [0.15, 0.2) is 18.2 Å². The number of carbonyl (C=O) groups is 1. The second-order valence-corrected chi connectivity index (χ2v) is 3.66. The Balaban J connectivity index is 2.71. The molecule has 0 radical (unpaired) electrons. The maximum absolute atomic E-state index is 13.5. The maximum Gasteiger partial charge on any atom is 0.411 e. The fourth-order valence-corrected chi connectivity index (χ4v) is 1.21. The van der Waals surface area contributed by atoms with Crippen LogP contribution in [0.2, 0.25) is 0 Å². The van der Waals surface area contributed by atoms with E-state index in [4.69, 9.17) is 4.74 Å². The number of nitrogens with one attached hydrogen (secondary N) is 1. The summed E-state index contributed by atoms with van der Waals surface area (Å²) >= 11 is 0. The first-order valence-electron chi connectivity index (χ1n) is 5.43. The molecule has 1 aromatic rings. The molecule has 0 saturated heterocycles. The standard InChI is InChI=1S/C12H16FNO3/c1-4-16-12(15)14-9-5-6-11(10(13)7-9)17-8(2)3/h5-8H,4H2,1-3H3,(H,14,15). The molecule has 0 saturated carbocycles. The van der Waals surface area contributed by atoms with Crippen LogP contribution < -0.4 is 10.1 Å². The van der Waals surface area contributed by atoms with Crippen LogP contribution in [0.1, 0.15) is 20.8 Å². The second kappa shape index (κ2) is 6.08. The zero-order valence-corrected chi connectivity index (χ0v) is 10.1. The molecule has 0 aromatic heterocycles. The third kappa shape index (κ3) is 4.30. The van der Waals surface area contributed by atoms with Gasteiger partial charge in [-0.3, -0.25) is 5.32 Å². The first-order valence-corrected chi connectivity index (χ1v) is 5.43. The molecule has 0 aliphatic carbocycles. The third-order valence-corrected chi connectivity index (χ3v) is 1.82. The summed E-state index contributed by atoms with van der Waals surface area (Å²) in [7, 11) is 0. The molecule has 94 valence electrons. The Morgan fingerprint density at radius 1 is 1.47 bits per heavy atom. The summed E-state index contributed by atoms with van der Waals surface area (Å²) in [4.78, 5) is 11.1. The topological polar surface area (TPSA) is 47.6 Å². The fourth-order valence-electron chi connectivity index (χ4n) is 1.21. The van der Waals surface area contributed by atoms with Gasteiger partial charge in [-0.05, 0) is 32.9 Å². The predicted octanol–water partition coefficient (Wildman–Crippen LogP) is 3.18. The van der Waals surface area contributed by atoms with Gasteiger partial charge in [0, 0.05) is 11.8 Å². The lowest BCUT2D eigenvalue weighted by molar-refractivity contribution is 0.168. The highest BCUT2D eigenvalue weighted by Crippen LogP contribution is 2.22. The molecule has 0 atom stereocenters. The maximum atomic E-state index is 13.5. The highest BCUT2D eigenvalue weighted by molar-refractivity contribution is 5.84. The molecule has 0 bridgehead atoms. The van der Waals surface area contributed by atoms with E-state index in [9.17, 15) is 9.18 Å². The number of halogens is 1. The second-order valence-electron chi connectivity index (χ2n) is 3.66. The summed E-state index contributed by atoms with van der Waals surface area (Å²) < 4.78 is 23.4. The Morgan fingerprint density at radius 3 is 2.71 bits per heavy atom. The number of ether oxygens (including phenoxy) is 2. The number of benzene rings is 1. The molecule has 0 aliphatic rings. The van der Waals surface area contributed by atoms with Crippen LogP contribution in [-0.2, 0) is 4.74 Å². The third-order valence-electron chi connectivity index (χ3n) is 1.82. The highest BCUT2D eigenvalue weighted by Gasteiger charge is 2.08. The monoisotopic (exact) mass is 241 g/mol. The number of carbonyl (C=O) groups excluding carboxylic acids is 1. The van der Waals surface area contributed by atoms with Gasteiger partial charge in [0.05, 0.1) is 12.7 Å². The van der Waals surface area contributed by atoms with Crippen molar-refractivity contribution in [3.8, 4) is 5.75 Å². The van der Waals surface area contributed by atoms with Crippen LogP contribution in [0.3, 0.4) is 0 Å². The molecule has 1 aromatic carbocycles. The van der Waals surface area contributed by atoms with Crippen LogP contribution in [0, 0.1) is 5.82 Å². The first kappa shape index (κ1) is 13.3. The molecule has 0 heterocycles. The van der Waals surface area contributed by atoms with Gasteiger partial charge in [0.1, 0.15) is 0 Å². The van der Waals surface area contributed by atoms with E-state index in [0.717, 1.165) is 0 Å². The summed E-state index contributed by atoms with van der Waals surface area (Å²) in [5, 5.41) is 2.41. The number of hydrogen-bond donors (Lipinski definition) is 1. The van der Waals surface area contributed by atoms with Gasteiger partial charge in [-0.2, -0.15) is 0 Å². The lowest BCUT2D eigenvalue weighted by atomic mass is 10.3. The summed E-state index contributed by atoms with van der Waals surface area (Å²) in [5.74, 6) is -0.359. The van der Waals surface area contributed by atoms with Crippen molar-refractivity contribution in [2.24, 2.45) is 0 Å². The highest BCUT2D eigenvalue weighted by atomic mass is 19.1. The Labute approximate surface area is 99.7 Å². The normalized spacial score (nSPS) is 10.2. The molecule has 1 amide bonds. The van der Waals surface area contributed by atoms with Crippen LogP contribution in [0.5, 0.6) is 5.75 Å². The van der Waals surface area contributed by atoms with Gasteiger partial charge in [0.25, 0.3) is 0 Å². The van der Waals surface area contributed by atoms with Crippen molar-refractivity contribution < 1.29 is 18.7 Å². The van der Waals surface area contributed by atoms with Crippen molar-refractivity contribution in [1.29, 1.82) is 0 Å². The Hall–Kier alpha value is -1.78. The molecule has 17 heavy (non-hydrogen) atoms. The van der Waals surface area contributed by atoms with Crippen molar-refractivity contribution in [3.63, 3.8) is 0 Å². The zero-order valence-electron chi connectivity index (χ0n) is 10.1. The molecule has 0 aliphatic heterocycles. The minimum atomic E-state index is -0.607. The van der Waals surface area contributed by atoms with Crippen molar-refractivity contribution in [1.82, 2.24) is 0 Å². The Bertz CT molecular complexity index is 393. The van der Waals surface area contributed by atoms with Gasteiger partial charge in [0.15, 0.2) is 11.6 Å². The van der Waals surface area contributed by atoms with E-state index in [2.05, 4.69) is 10.1 Å². The van der Waals surface area contributed by atoms with Crippen LogP contribution in [0.4, 0.5) is 14.9 Å². The minimum Gasteiger partial charge on any atom is -0.488 e. The van der Waals surface area contributed by atoms with Gasteiger partial charge < -0.3 is 9.47 Å². The molecule has 1 rings (SSSR count). The van der Waals surface area contributed by atoms with E-state index in [1.54, 1.807) is 13.0 Å². The van der Waals surface area contributed by atoms with Gasteiger partial charge >= 0.3 is 6.09 Å². The molecular formula is C12H16FNO3. The largest absolute Gasteiger partial charge is 0.488 e. The van der Waals surface area contributed by atoms with Crippen LogP contribution in [-0.4, -0.2) is 18.8 Å². The summed E-state index contributed by atoms with van der Waals surface area (Å²) in [6, 6.07) is 4.21. The summed E-state index contributed by atoms with van der Waals surface area (Å²) in [6.07, 6.45) is -0.710. The molecule has 5 heteroatoms. The van der Waals surface area contributed by atoms with E-state index in [0.29, 0.717) is 5.69 Å². The number of anilines is 1. The van der Waals surface area contributed by atoms with Crippen LogP contribution in [0.25, 0.3) is 0 Å². The van der Waals surface area contributed by atoms with Gasteiger partial charge in [-0.25, -0.2) is 9.18 Å². The van der Waals surface area contributed by atoms with Crippen molar-refractivity contribution in [2.45, 2.75) is 26.9 Å². The summed E-state index contributed by atoms with van der Waals surface area (Å²) in [6.45, 7) is 5.58. The fraction of sp³-hybridized carbons (Fsp3) is 0.417. The average molecular weight is 241 g/mol. The molecule has 0 unspecified atom stereocenters. The van der Waals surface area contributed by atoms with E-state index in [-0.39, 0.29) is 18.5 Å². The Kier molecular flexibility index (Phi) is 4.75. The van der Waals surface area contributed by atoms with Crippen LogP contribution >= 0.6 is 0 Å².